The van der Waals surface area contributed by atoms with E-state index in [1.807, 2.05) is 27.7 Å². The van der Waals surface area contributed by atoms with Crippen molar-refractivity contribution in [2.75, 3.05) is 28.1 Å². The molecule has 1 heterocycles. The highest BCUT2D eigenvalue weighted by Crippen LogP contribution is 2.38. The molecule has 0 aliphatic carbocycles. The number of amides is 2. The summed E-state index contributed by atoms with van der Waals surface area (Å²) in [6, 6.07) is 10.9. The molecule has 0 spiro atoms. The number of rotatable bonds is 8. The van der Waals surface area contributed by atoms with Gasteiger partial charge in [0, 0.05) is 18.7 Å². The van der Waals surface area contributed by atoms with Crippen molar-refractivity contribution in [2.45, 2.75) is 51.9 Å². The fourth-order valence-corrected chi connectivity index (χ4v) is 4.59. The van der Waals surface area contributed by atoms with E-state index in [1.165, 1.54) is 12.1 Å². The van der Waals surface area contributed by atoms with Crippen LogP contribution in [0, 0.1) is 5.41 Å². The number of hydrogen-bond acceptors (Lipinski definition) is 5. The van der Waals surface area contributed by atoms with Crippen molar-refractivity contribution in [2.24, 2.45) is 5.41 Å². The number of anilines is 3. The van der Waals surface area contributed by atoms with Gasteiger partial charge in [-0.15, -0.1) is 0 Å². The lowest BCUT2D eigenvalue weighted by atomic mass is 9.93. The molecule has 2 amide bonds. The summed E-state index contributed by atoms with van der Waals surface area (Å²) in [4.78, 5) is 26.5. The molecule has 0 saturated heterocycles. The van der Waals surface area contributed by atoms with Gasteiger partial charge in [-0.05, 0) is 69.2 Å². The molecule has 0 unspecified atom stereocenters. The number of ether oxygens (including phenoxy) is 1. The molecular weight excluding hydrogens is 442 g/mol. The summed E-state index contributed by atoms with van der Waals surface area (Å²) in [7, 11) is -3.88. The third-order valence-electron chi connectivity index (χ3n) is 5.29. The van der Waals surface area contributed by atoms with Crippen LogP contribution in [0.15, 0.2) is 47.4 Å². The number of nitrogens with one attached hydrogen (secondary N) is 2. The Morgan fingerprint density at radius 1 is 1.06 bits per heavy atom. The van der Waals surface area contributed by atoms with E-state index in [-0.39, 0.29) is 23.3 Å². The summed E-state index contributed by atoms with van der Waals surface area (Å²) >= 11 is 0. The SMILES string of the molecule is CCCC(=O)Nc1ccc(S(=O)(=O)Nc2ccc3c(c2)N(CCC)C(=O)C(C)(C)CO3)cc1. The average molecular weight is 474 g/mol. The smallest absolute Gasteiger partial charge is 0.261 e. The Kier molecular flexibility index (Phi) is 7.31. The molecule has 178 valence electrons. The van der Waals surface area contributed by atoms with E-state index in [4.69, 9.17) is 4.74 Å². The molecule has 0 aromatic heterocycles. The molecule has 0 atom stereocenters. The van der Waals surface area contributed by atoms with Crippen LogP contribution in [0.1, 0.15) is 47.0 Å². The van der Waals surface area contributed by atoms with Gasteiger partial charge in [0.25, 0.3) is 10.0 Å². The van der Waals surface area contributed by atoms with E-state index in [9.17, 15) is 18.0 Å². The van der Waals surface area contributed by atoms with Crippen molar-refractivity contribution < 1.29 is 22.7 Å². The van der Waals surface area contributed by atoms with Crippen LogP contribution in [0.25, 0.3) is 0 Å². The minimum absolute atomic E-state index is 0.0600. The zero-order valence-corrected chi connectivity index (χ0v) is 20.3. The molecule has 3 rings (SSSR count). The van der Waals surface area contributed by atoms with Gasteiger partial charge >= 0.3 is 0 Å². The monoisotopic (exact) mass is 473 g/mol. The first kappa shape index (κ1) is 24.6. The first-order valence-corrected chi connectivity index (χ1v) is 12.6. The summed E-state index contributed by atoms with van der Waals surface area (Å²) < 4.78 is 34.3. The molecular formula is C24H31N3O5S. The van der Waals surface area contributed by atoms with E-state index < -0.39 is 15.4 Å². The van der Waals surface area contributed by atoms with Crippen LogP contribution in [0.5, 0.6) is 5.75 Å². The van der Waals surface area contributed by atoms with E-state index >= 15 is 0 Å². The summed E-state index contributed by atoms with van der Waals surface area (Å²) in [5.74, 6) is 0.356. The largest absolute Gasteiger partial charge is 0.490 e. The second kappa shape index (κ2) is 9.82. The molecule has 8 nitrogen and oxygen atoms in total. The van der Waals surface area contributed by atoms with Crippen LogP contribution in [0.4, 0.5) is 17.1 Å². The van der Waals surface area contributed by atoms with Crippen LogP contribution >= 0.6 is 0 Å². The fraction of sp³-hybridized carbons (Fsp3) is 0.417. The van der Waals surface area contributed by atoms with Crippen LogP contribution in [-0.2, 0) is 19.6 Å². The van der Waals surface area contributed by atoms with E-state index in [0.717, 1.165) is 12.8 Å². The molecule has 1 aliphatic rings. The van der Waals surface area contributed by atoms with Crippen LogP contribution < -0.4 is 19.7 Å². The lowest BCUT2D eigenvalue weighted by Gasteiger charge is -2.28. The molecule has 2 N–H and O–H groups in total. The Morgan fingerprint density at radius 3 is 2.36 bits per heavy atom. The molecule has 33 heavy (non-hydrogen) atoms. The zero-order valence-electron chi connectivity index (χ0n) is 19.5. The van der Waals surface area contributed by atoms with Crippen molar-refractivity contribution in [3.63, 3.8) is 0 Å². The lowest BCUT2D eigenvalue weighted by Crippen LogP contribution is -2.42. The van der Waals surface area contributed by atoms with Gasteiger partial charge in [0.05, 0.1) is 21.7 Å². The summed E-state index contributed by atoms with van der Waals surface area (Å²) in [6.45, 7) is 8.30. The number of benzene rings is 2. The third kappa shape index (κ3) is 5.65. The maximum absolute atomic E-state index is 13.1. The Balaban J connectivity index is 1.84. The number of carbonyl (C=O) groups excluding carboxylic acids is 2. The Morgan fingerprint density at radius 2 is 1.73 bits per heavy atom. The maximum atomic E-state index is 13.1. The number of nitrogens with zero attached hydrogens (tertiary/aromatic N) is 1. The van der Waals surface area contributed by atoms with Crippen molar-refractivity contribution in [1.82, 2.24) is 0 Å². The number of hydrogen-bond donors (Lipinski definition) is 2. The Bertz CT molecular complexity index is 1130. The number of fused-ring (bicyclic) bond motifs is 1. The first-order chi connectivity index (χ1) is 15.6. The topological polar surface area (TPSA) is 105 Å². The van der Waals surface area contributed by atoms with Gasteiger partial charge in [-0.1, -0.05) is 13.8 Å². The fourth-order valence-electron chi connectivity index (χ4n) is 3.54. The minimum Gasteiger partial charge on any atom is -0.490 e. The molecule has 0 fully saturated rings. The second-order valence-electron chi connectivity index (χ2n) is 8.74. The first-order valence-electron chi connectivity index (χ1n) is 11.1. The van der Waals surface area contributed by atoms with Gasteiger partial charge in [-0.25, -0.2) is 8.42 Å². The lowest BCUT2D eigenvalue weighted by molar-refractivity contribution is -0.127. The second-order valence-corrected chi connectivity index (χ2v) is 10.4. The third-order valence-corrected chi connectivity index (χ3v) is 6.68. The molecule has 0 saturated carbocycles. The van der Waals surface area contributed by atoms with Crippen LogP contribution in [0.3, 0.4) is 0 Å². The number of carbonyl (C=O) groups is 2. The average Bonchev–Trinajstić information content (AvgIpc) is 2.84. The normalized spacial score (nSPS) is 15.3. The van der Waals surface area contributed by atoms with Gasteiger partial charge in [0.15, 0.2) is 0 Å². The standard InChI is InChI=1S/C24H31N3O5S/c1-5-7-22(28)25-17-8-11-19(12-9-17)33(30,31)26-18-10-13-21-20(15-18)27(14-6-2)23(29)24(3,4)16-32-21/h8-13,15,26H,5-7,14,16H2,1-4H3,(H,25,28). The summed E-state index contributed by atoms with van der Waals surface area (Å²) in [5, 5.41) is 2.73. The molecule has 9 heteroatoms. The van der Waals surface area contributed by atoms with Gasteiger partial charge in [-0.3, -0.25) is 14.3 Å². The highest BCUT2D eigenvalue weighted by molar-refractivity contribution is 7.92. The summed E-state index contributed by atoms with van der Waals surface area (Å²) in [5.41, 5.74) is 0.709. The minimum atomic E-state index is -3.88. The van der Waals surface area contributed by atoms with Crippen LogP contribution in [0.2, 0.25) is 0 Å². The van der Waals surface area contributed by atoms with Gasteiger partial charge in [-0.2, -0.15) is 0 Å². The molecule has 0 radical (unpaired) electrons. The Labute approximate surface area is 195 Å². The van der Waals surface area contributed by atoms with Crippen LogP contribution in [-0.4, -0.2) is 33.4 Å². The van der Waals surface area contributed by atoms with E-state index in [2.05, 4.69) is 10.0 Å². The quantitative estimate of drug-likeness (QED) is 0.592. The van der Waals surface area contributed by atoms with Crippen molar-refractivity contribution in [1.29, 1.82) is 0 Å². The van der Waals surface area contributed by atoms with Gasteiger partial charge in [0.1, 0.15) is 12.4 Å². The van der Waals surface area contributed by atoms with Crippen molar-refractivity contribution in [3.05, 3.63) is 42.5 Å². The molecule has 2 aromatic rings. The van der Waals surface area contributed by atoms with Gasteiger partial charge in [0.2, 0.25) is 11.8 Å². The zero-order chi connectivity index (χ0) is 24.2. The predicted octanol–water partition coefficient (Wildman–Crippen LogP) is 4.39. The number of sulfonamides is 1. The molecule has 1 aliphatic heterocycles. The Hall–Kier alpha value is -3.07. The summed E-state index contributed by atoms with van der Waals surface area (Å²) in [6.07, 6.45) is 1.88. The highest BCUT2D eigenvalue weighted by atomic mass is 32.2. The predicted molar refractivity (Wildman–Crippen MR) is 129 cm³/mol. The van der Waals surface area contributed by atoms with Crippen molar-refractivity contribution in [3.8, 4) is 5.75 Å². The molecule has 2 aromatic carbocycles. The van der Waals surface area contributed by atoms with E-state index in [0.29, 0.717) is 35.8 Å². The van der Waals surface area contributed by atoms with E-state index in [1.54, 1.807) is 35.2 Å². The van der Waals surface area contributed by atoms with Crippen molar-refractivity contribution >= 4 is 38.9 Å². The maximum Gasteiger partial charge on any atom is 0.261 e. The highest BCUT2D eigenvalue weighted by Gasteiger charge is 2.37. The molecule has 0 bridgehead atoms. The van der Waals surface area contributed by atoms with Gasteiger partial charge < -0.3 is 15.0 Å².